The zero-order chi connectivity index (χ0) is 11.2. The van der Waals surface area contributed by atoms with Crippen molar-refractivity contribution in [1.29, 1.82) is 0 Å². The molecule has 17 heavy (non-hydrogen) atoms. The molecular formula is C11H18IN3S2. The number of halogens is 1. The van der Waals surface area contributed by atoms with Crippen LogP contribution in [-0.4, -0.2) is 42.0 Å². The second-order valence-electron chi connectivity index (χ2n) is 3.72. The highest BCUT2D eigenvalue weighted by molar-refractivity contribution is 14.0. The summed E-state index contributed by atoms with van der Waals surface area (Å²) in [6.07, 6.45) is 0.993. The number of nitrogens with two attached hydrogens (primary N) is 1. The predicted molar refractivity (Wildman–Crippen MR) is 88.8 cm³/mol. The Hall–Kier alpha value is 0.0500. The maximum atomic E-state index is 5.96. The van der Waals surface area contributed by atoms with E-state index in [4.69, 9.17) is 5.73 Å². The van der Waals surface area contributed by atoms with Crippen molar-refractivity contribution in [3.05, 3.63) is 22.4 Å². The zero-order valence-corrected chi connectivity index (χ0v) is 13.6. The standard InChI is InChI=1S/C11H17N3S2.HI/c12-11(14-4-7-15-8-5-14)13-3-1-10-2-6-16-9-10;/h2,6,9H,1,3-5,7-8H2,(H2,12,13);1H. The maximum absolute atomic E-state index is 5.96. The highest BCUT2D eigenvalue weighted by Gasteiger charge is 2.11. The quantitative estimate of drug-likeness (QED) is 0.495. The third-order valence-electron chi connectivity index (χ3n) is 2.59. The van der Waals surface area contributed by atoms with Gasteiger partial charge in [0.25, 0.3) is 0 Å². The van der Waals surface area contributed by atoms with Gasteiger partial charge in [-0.3, -0.25) is 4.99 Å². The van der Waals surface area contributed by atoms with Gasteiger partial charge in [0, 0.05) is 31.1 Å². The molecule has 0 amide bonds. The van der Waals surface area contributed by atoms with Crippen LogP contribution in [0.4, 0.5) is 0 Å². The van der Waals surface area contributed by atoms with Crippen LogP contribution in [0.5, 0.6) is 0 Å². The number of thiophene rings is 1. The highest BCUT2D eigenvalue weighted by atomic mass is 127. The Bertz CT molecular complexity index is 334. The van der Waals surface area contributed by atoms with Gasteiger partial charge in [0.15, 0.2) is 5.96 Å². The molecule has 0 spiro atoms. The topological polar surface area (TPSA) is 41.6 Å². The normalized spacial score (nSPS) is 16.7. The molecule has 2 heterocycles. The number of guanidine groups is 1. The first-order valence-electron chi connectivity index (χ1n) is 5.50. The van der Waals surface area contributed by atoms with Crippen molar-refractivity contribution >= 4 is 53.0 Å². The van der Waals surface area contributed by atoms with Crippen molar-refractivity contribution in [3.63, 3.8) is 0 Å². The van der Waals surface area contributed by atoms with Gasteiger partial charge in [0.05, 0.1) is 0 Å². The first kappa shape index (κ1) is 15.1. The number of aliphatic imine (C=N–C) groups is 1. The van der Waals surface area contributed by atoms with Crippen LogP contribution in [0.15, 0.2) is 21.8 Å². The van der Waals surface area contributed by atoms with Crippen molar-refractivity contribution in [3.8, 4) is 0 Å². The van der Waals surface area contributed by atoms with Gasteiger partial charge in [-0.1, -0.05) is 0 Å². The van der Waals surface area contributed by atoms with Crippen LogP contribution in [0.2, 0.25) is 0 Å². The number of thioether (sulfide) groups is 1. The Labute approximate surface area is 128 Å². The lowest BCUT2D eigenvalue weighted by Crippen LogP contribution is -2.42. The summed E-state index contributed by atoms with van der Waals surface area (Å²) in [5, 5.41) is 4.27. The number of rotatable bonds is 3. The first-order chi connectivity index (χ1) is 7.86. The lowest BCUT2D eigenvalue weighted by molar-refractivity contribution is 0.456. The molecule has 0 unspecified atom stereocenters. The SMILES string of the molecule is I.NC(=NCCc1ccsc1)N1CCSCC1. The van der Waals surface area contributed by atoms with Gasteiger partial charge in [0.2, 0.25) is 0 Å². The van der Waals surface area contributed by atoms with Crippen molar-refractivity contribution in [2.24, 2.45) is 10.7 Å². The van der Waals surface area contributed by atoms with Crippen LogP contribution in [0.25, 0.3) is 0 Å². The smallest absolute Gasteiger partial charge is 0.191 e. The first-order valence-corrected chi connectivity index (χ1v) is 7.60. The molecular weight excluding hydrogens is 365 g/mol. The summed E-state index contributed by atoms with van der Waals surface area (Å²) in [7, 11) is 0. The van der Waals surface area contributed by atoms with E-state index < -0.39 is 0 Å². The molecule has 1 aromatic rings. The molecule has 0 bridgehead atoms. The van der Waals surface area contributed by atoms with Crippen LogP contribution >= 0.6 is 47.1 Å². The molecule has 1 aliphatic rings. The van der Waals surface area contributed by atoms with Crippen LogP contribution in [0.1, 0.15) is 5.56 Å². The Balaban J connectivity index is 0.00000144. The van der Waals surface area contributed by atoms with E-state index >= 15 is 0 Å². The lowest BCUT2D eigenvalue weighted by Gasteiger charge is -2.27. The van der Waals surface area contributed by atoms with E-state index in [-0.39, 0.29) is 24.0 Å². The molecule has 0 radical (unpaired) electrons. The summed E-state index contributed by atoms with van der Waals surface area (Å²) in [6.45, 7) is 2.88. The van der Waals surface area contributed by atoms with Crippen LogP contribution in [0, 0.1) is 0 Å². The van der Waals surface area contributed by atoms with E-state index in [0.29, 0.717) is 0 Å². The summed E-state index contributed by atoms with van der Waals surface area (Å²) in [5.41, 5.74) is 7.31. The van der Waals surface area contributed by atoms with E-state index in [2.05, 4.69) is 26.7 Å². The van der Waals surface area contributed by atoms with Crippen LogP contribution in [0.3, 0.4) is 0 Å². The second kappa shape index (κ2) is 8.20. The average Bonchev–Trinajstić information content (AvgIpc) is 2.83. The molecule has 1 fully saturated rings. The molecule has 1 aliphatic heterocycles. The Morgan fingerprint density at radius 2 is 2.18 bits per heavy atom. The van der Waals surface area contributed by atoms with E-state index in [1.54, 1.807) is 11.3 Å². The van der Waals surface area contributed by atoms with Gasteiger partial charge >= 0.3 is 0 Å². The molecule has 1 saturated heterocycles. The zero-order valence-electron chi connectivity index (χ0n) is 9.67. The van der Waals surface area contributed by atoms with Gasteiger partial charge in [0.1, 0.15) is 0 Å². The molecule has 2 rings (SSSR count). The fourth-order valence-electron chi connectivity index (χ4n) is 1.63. The van der Waals surface area contributed by atoms with Gasteiger partial charge in [-0.05, 0) is 28.8 Å². The fourth-order valence-corrected chi connectivity index (χ4v) is 3.23. The molecule has 0 atom stereocenters. The fraction of sp³-hybridized carbons (Fsp3) is 0.545. The minimum absolute atomic E-state index is 0. The minimum Gasteiger partial charge on any atom is -0.370 e. The van der Waals surface area contributed by atoms with Crippen molar-refractivity contribution in [2.45, 2.75) is 6.42 Å². The Morgan fingerprint density at radius 1 is 1.41 bits per heavy atom. The predicted octanol–water partition coefficient (Wildman–Crippen LogP) is 2.27. The Kier molecular flexibility index (Phi) is 7.29. The molecule has 3 nitrogen and oxygen atoms in total. The van der Waals surface area contributed by atoms with Crippen molar-refractivity contribution in [2.75, 3.05) is 31.1 Å². The van der Waals surface area contributed by atoms with Crippen molar-refractivity contribution < 1.29 is 0 Å². The van der Waals surface area contributed by atoms with E-state index in [1.807, 2.05) is 11.8 Å². The second-order valence-corrected chi connectivity index (χ2v) is 5.73. The van der Waals surface area contributed by atoms with Gasteiger partial charge in [-0.15, -0.1) is 24.0 Å². The monoisotopic (exact) mass is 383 g/mol. The molecule has 6 heteroatoms. The third kappa shape index (κ3) is 5.05. The highest BCUT2D eigenvalue weighted by Crippen LogP contribution is 2.09. The third-order valence-corrected chi connectivity index (χ3v) is 4.26. The molecule has 2 N–H and O–H groups in total. The number of nitrogens with zero attached hydrogens (tertiary/aromatic N) is 2. The molecule has 0 aromatic carbocycles. The molecule has 96 valence electrons. The van der Waals surface area contributed by atoms with Crippen molar-refractivity contribution in [1.82, 2.24) is 4.90 Å². The number of hydrogen-bond acceptors (Lipinski definition) is 3. The summed E-state index contributed by atoms with van der Waals surface area (Å²) in [5.74, 6) is 3.05. The Morgan fingerprint density at radius 3 is 2.82 bits per heavy atom. The number of hydrogen-bond donors (Lipinski definition) is 1. The minimum atomic E-state index is 0. The van der Waals surface area contributed by atoms with E-state index in [1.165, 1.54) is 17.1 Å². The maximum Gasteiger partial charge on any atom is 0.191 e. The van der Waals surface area contributed by atoms with Gasteiger partial charge in [-0.25, -0.2) is 0 Å². The molecule has 1 aromatic heterocycles. The van der Waals surface area contributed by atoms with Gasteiger partial charge < -0.3 is 10.6 Å². The lowest BCUT2D eigenvalue weighted by atomic mass is 10.2. The summed E-state index contributed by atoms with van der Waals surface area (Å²) < 4.78 is 0. The summed E-state index contributed by atoms with van der Waals surface area (Å²) in [6, 6.07) is 2.15. The van der Waals surface area contributed by atoms with Crippen LogP contribution < -0.4 is 5.73 Å². The summed E-state index contributed by atoms with van der Waals surface area (Å²) in [4.78, 5) is 6.62. The summed E-state index contributed by atoms with van der Waals surface area (Å²) >= 11 is 3.72. The van der Waals surface area contributed by atoms with E-state index in [9.17, 15) is 0 Å². The molecule has 0 saturated carbocycles. The average molecular weight is 383 g/mol. The largest absolute Gasteiger partial charge is 0.370 e. The van der Waals surface area contributed by atoms with E-state index in [0.717, 1.165) is 32.0 Å². The van der Waals surface area contributed by atoms with Gasteiger partial charge in [-0.2, -0.15) is 23.1 Å². The molecule has 0 aliphatic carbocycles. The van der Waals surface area contributed by atoms with Crippen LogP contribution in [-0.2, 0) is 6.42 Å².